The fraction of sp³-hybridized carbons (Fsp3) is 0.143. The highest BCUT2D eigenvalue weighted by atomic mass is 16.4. The van der Waals surface area contributed by atoms with Gasteiger partial charge < -0.3 is 10.4 Å². The summed E-state index contributed by atoms with van der Waals surface area (Å²) in [7, 11) is 0. The Morgan fingerprint density at radius 3 is 2.83 bits per heavy atom. The summed E-state index contributed by atoms with van der Waals surface area (Å²) >= 11 is 0. The molecule has 0 aliphatic carbocycles. The van der Waals surface area contributed by atoms with Crippen molar-refractivity contribution in [1.82, 2.24) is 4.98 Å². The zero-order valence-corrected chi connectivity index (χ0v) is 9.63. The van der Waals surface area contributed by atoms with Gasteiger partial charge in [0.25, 0.3) is 0 Å². The molecule has 3 rings (SSSR count). The van der Waals surface area contributed by atoms with Gasteiger partial charge in [-0.25, -0.2) is 9.78 Å². The Morgan fingerprint density at radius 1 is 1.22 bits per heavy atom. The van der Waals surface area contributed by atoms with Crippen molar-refractivity contribution in [2.45, 2.75) is 12.5 Å². The van der Waals surface area contributed by atoms with E-state index in [0.717, 1.165) is 16.7 Å². The highest BCUT2D eigenvalue weighted by molar-refractivity contribution is 5.80. The lowest BCUT2D eigenvalue weighted by Crippen LogP contribution is -2.21. The number of rotatable bonds is 1. The first-order chi connectivity index (χ1) is 8.75. The molecule has 2 N–H and O–H groups in total. The van der Waals surface area contributed by atoms with Crippen molar-refractivity contribution in [1.29, 1.82) is 0 Å². The highest BCUT2D eigenvalue weighted by Crippen LogP contribution is 2.30. The average Bonchev–Trinajstić information content (AvgIpc) is 2.55. The molecule has 1 atom stereocenters. The first-order valence-corrected chi connectivity index (χ1v) is 5.77. The molecule has 0 saturated heterocycles. The van der Waals surface area contributed by atoms with Gasteiger partial charge in [0.2, 0.25) is 0 Å². The Bertz CT molecular complexity index is 610. The van der Waals surface area contributed by atoms with Crippen LogP contribution in [0.15, 0.2) is 42.6 Å². The molecular formula is C14H12N2O2. The topological polar surface area (TPSA) is 62.2 Å². The number of carbonyl (C=O) groups is 1. The minimum absolute atomic E-state index is 0.654. The second-order valence-corrected chi connectivity index (χ2v) is 4.30. The number of benzene rings is 1. The lowest BCUT2D eigenvalue weighted by atomic mass is 9.98. The summed E-state index contributed by atoms with van der Waals surface area (Å²) in [5.74, 6) is -0.234. The van der Waals surface area contributed by atoms with Crippen molar-refractivity contribution >= 4 is 11.8 Å². The van der Waals surface area contributed by atoms with E-state index in [0.29, 0.717) is 12.2 Å². The molecule has 1 aliphatic rings. The quantitative estimate of drug-likeness (QED) is 0.802. The molecule has 1 unspecified atom stereocenters. The van der Waals surface area contributed by atoms with E-state index in [1.165, 1.54) is 0 Å². The zero-order chi connectivity index (χ0) is 12.5. The predicted molar refractivity (Wildman–Crippen MR) is 67.5 cm³/mol. The van der Waals surface area contributed by atoms with Gasteiger partial charge in [-0.2, -0.15) is 0 Å². The first-order valence-electron chi connectivity index (χ1n) is 5.77. The van der Waals surface area contributed by atoms with Crippen LogP contribution in [0.4, 0.5) is 5.82 Å². The third kappa shape index (κ3) is 1.72. The maximum absolute atomic E-state index is 11.4. The van der Waals surface area contributed by atoms with Crippen LogP contribution in [0.3, 0.4) is 0 Å². The Hall–Kier alpha value is -2.36. The summed E-state index contributed by atoms with van der Waals surface area (Å²) in [6, 6.07) is 10.7. The van der Waals surface area contributed by atoms with E-state index >= 15 is 0 Å². The number of aliphatic carboxylic acids is 1. The number of nitrogens with one attached hydrogen (secondary N) is 1. The van der Waals surface area contributed by atoms with Crippen LogP contribution >= 0.6 is 0 Å². The Balaban J connectivity index is 2.17. The van der Waals surface area contributed by atoms with Crippen LogP contribution in [0.1, 0.15) is 22.7 Å². The third-order valence-electron chi connectivity index (χ3n) is 3.17. The molecule has 0 amide bonds. The zero-order valence-electron chi connectivity index (χ0n) is 9.63. The fourth-order valence-corrected chi connectivity index (χ4v) is 2.30. The monoisotopic (exact) mass is 240 g/mol. The number of aromatic nitrogens is 1. The van der Waals surface area contributed by atoms with E-state index in [1.807, 2.05) is 36.4 Å². The van der Waals surface area contributed by atoms with Crippen molar-refractivity contribution in [3.63, 3.8) is 0 Å². The van der Waals surface area contributed by atoms with E-state index in [-0.39, 0.29) is 0 Å². The number of anilines is 1. The van der Waals surface area contributed by atoms with Gasteiger partial charge >= 0.3 is 5.97 Å². The SMILES string of the molecule is O=C(O)C1Nc2ncccc2Cc2ccccc21. The van der Waals surface area contributed by atoms with Gasteiger partial charge in [-0.05, 0) is 22.8 Å². The standard InChI is InChI=1S/C14H12N2O2/c17-14(18)12-11-6-2-1-4-9(11)8-10-5-3-7-15-13(10)16-12/h1-7,12H,8H2,(H,15,16)(H,17,18). The van der Waals surface area contributed by atoms with E-state index in [1.54, 1.807) is 6.20 Å². The number of carboxylic acids is 1. The van der Waals surface area contributed by atoms with Crippen LogP contribution in [-0.2, 0) is 11.2 Å². The molecule has 0 radical (unpaired) electrons. The van der Waals surface area contributed by atoms with E-state index in [4.69, 9.17) is 0 Å². The molecule has 0 saturated carbocycles. The van der Waals surface area contributed by atoms with E-state index in [2.05, 4.69) is 10.3 Å². The van der Waals surface area contributed by atoms with Gasteiger partial charge in [-0.1, -0.05) is 30.3 Å². The number of hydrogen-bond acceptors (Lipinski definition) is 3. The number of fused-ring (bicyclic) bond motifs is 2. The summed E-state index contributed by atoms with van der Waals surface area (Å²) in [4.78, 5) is 15.6. The van der Waals surface area contributed by atoms with Crippen molar-refractivity contribution in [2.75, 3.05) is 5.32 Å². The lowest BCUT2D eigenvalue weighted by Gasteiger charge is -2.15. The molecule has 4 nitrogen and oxygen atoms in total. The predicted octanol–water partition coefficient (Wildman–Crippen LogP) is 2.22. The number of carboxylic acid groups (broad SMARTS) is 1. The van der Waals surface area contributed by atoms with Crippen molar-refractivity contribution < 1.29 is 9.90 Å². The minimum Gasteiger partial charge on any atom is -0.479 e. The molecule has 90 valence electrons. The third-order valence-corrected chi connectivity index (χ3v) is 3.17. The summed E-state index contributed by atoms with van der Waals surface area (Å²) < 4.78 is 0. The molecular weight excluding hydrogens is 228 g/mol. The lowest BCUT2D eigenvalue weighted by molar-refractivity contribution is -0.138. The molecule has 0 fully saturated rings. The largest absolute Gasteiger partial charge is 0.479 e. The molecule has 0 bridgehead atoms. The second kappa shape index (κ2) is 4.14. The summed E-state index contributed by atoms with van der Waals surface area (Å²) in [6.45, 7) is 0. The maximum atomic E-state index is 11.4. The smallest absolute Gasteiger partial charge is 0.330 e. The first kappa shape index (κ1) is 10.8. The number of pyridine rings is 1. The number of hydrogen-bond donors (Lipinski definition) is 2. The minimum atomic E-state index is -0.888. The normalized spacial score (nSPS) is 17.0. The Kier molecular flexibility index (Phi) is 2.48. The molecule has 1 aromatic heterocycles. The van der Waals surface area contributed by atoms with Gasteiger partial charge in [0.05, 0.1) is 0 Å². The van der Waals surface area contributed by atoms with Gasteiger partial charge in [0.1, 0.15) is 5.82 Å². The van der Waals surface area contributed by atoms with Gasteiger partial charge in [-0.3, -0.25) is 0 Å². The van der Waals surface area contributed by atoms with E-state index in [9.17, 15) is 9.90 Å². The van der Waals surface area contributed by atoms with Crippen molar-refractivity contribution in [3.05, 3.63) is 59.3 Å². The van der Waals surface area contributed by atoms with Crippen LogP contribution in [0.2, 0.25) is 0 Å². The van der Waals surface area contributed by atoms with Crippen LogP contribution in [0.25, 0.3) is 0 Å². The highest BCUT2D eigenvalue weighted by Gasteiger charge is 2.26. The molecule has 2 aromatic rings. The summed E-state index contributed by atoms with van der Waals surface area (Å²) in [5, 5.41) is 12.3. The molecule has 1 aliphatic heterocycles. The number of nitrogens with zero attached hydrogens (tertiary/aromatic N) is 1. The van der Waals surface area contributed by atoms with Crippen molar-refractivity contribution in [3.8, 4) is 0 Å². The molecule has 4 heteroatoms. The van der Waals surface area contributed by atoms with Gasteiger partial charge in [0.15, 0.2) is 6.04 Å². The average molecular weight is 240 g/mol. The van der Waals surface area contributed by atoms with Crippen LogP contribution in [0.5, 0.6) is 0 Å². The van der Waals surface area contributed by atoms with Gasteiger partial charge in [0, 0.05) is 12.6 Å². The van der Waals surface area contributed by atoms with Crippen LogP contribution in [0, 0.1) is 0 Å². The molecule has 2 heterocycles. The second-order valence-electron chi connectivity index (χ2n) is 4.30. The summed E-state index contributed by atoms with van der Waals surface area (Å²) in [5.41, 5.74) is 2.86. The fourth-order valence-electron chi connectivity index (χ4n) is 2.30. The van der Waals surface area contributed by atoms with Crippen LogP contribution in [-0.4, -0.2) is 16.1 Å². The molecule has 1 aromatic carbocycles. The van der Waals surface area contributed by atoms with E-state index < -0.39 is 12.0 Å². The Morgan fingerprint density at radius 2 is 2.00 bits per heavy atom. The summed E-state index contributed by atoms with van der Waals surface area (Å²) in [6.07, 6.45) is 2.37. The van der Waals surface area contributed by atoms with Crippen molar-refractivity contribution in [2.24, 2.45) is 0 Å². The maximum Gasteiger partial charge on any atom is 0.330 e. The van der Waals surface area contributed by atoms with Crippen LogP contribution < -0.4 is 5.32 Å². The Labute approximate surface area is 104 Å². The molecule has 18 heavy (non-hydrogen) atoms. The molecule has 0 spiro atoms. The van der Waals surface area contributed by atoms with Gasteiger partial charge in [-0.15, -0.1) is 0 Å².